The van der Waals surface area contributed by atoms with Crippen LogP contribution in [0.15, 0.2) is 4.52 Å². The third-order valence-electron chi connectivity index (χ3n) is 2.93. The molecule has 0 radical (unpaired) electrons. The molecule has 106 valence electrons. The zero-order chi connectivity index (χ0) is 14.0. The highest BCUT2D eigenvalue weighted by Gasteiger charge is 2.35. The summed E-state index contributed by atoms with van der Waals surface area (Å²) in [5.74, 6) is 1.88. The summed E-state index contributed by atoms with van der Waals surface area (Å²) >= 11 is 0. The smallest absolute Gasteiger partial charge is 0.407 e. The lowest BCUT2D eigenvalue weighted by molar-refractivity contribution is 0.0522. The number of carbonyl (C=O) groups excluding carboxylic acids is 1. The van der Waals surface area contributed by atoms with Gasteiger partial charge in [-0.2, -0.15) is 4.98 Å². The summed E-state index contributed by atoms with van der Waals surface area (Å²) in [5, 5.41) is 6.74. The zero-order valence-corrected chi connectivity index (χ0v) is 11.9. The minimum Gasteiger partial charge on any atom is -0.444 e. The maximum absolute atomic E-state index is 11.6. The van der Waals surface area contributed by atoms with E-state index in [2.05, 4.69) is 15.5 Å². The largest absolute Gasteiger partial charge is 0.444 e. The van der Waals surface area contributed by atoms with Gasteiger partial charge in [-0.3, -0.25) is 0 Å². The molecule has 1 aliphatic carbocycles. The molecule has 1 heterocycles. The van der Waals surface area contributed by atoms with Crippen molar-refractivity contribution in [3.05, 3.63) is 11.7 Å². The topological polar surface area (TPSA) is 77.2 Å². The summed E-state index contributed by atoms with van der Waals surface area (Å²) in [6.45, 7) is 7.77. The van der Waals surface area contributed by atoms with Crippen LogP contribution in [0.1, 0.15) is 51.2 Å². The van der Waals surface area contributed by atoms with Gasteiger partial charge in [0.25, 0.3) is 0 Å². The Morgan fingerprint density at radius 1 is 1.53 bits per heavy atom. The van der Waals surface area contributed by atoms with E-state index in [1.807, 2.05) is 20.8 Å². The molecule has 0 aromatic carbocycles. The van der Waals surface area contributed by atoms with E-state index in [-0.39, 0.29) is 5.92 Å². The van der Waals surface area contributed by atoms with E-state index < -0.39 is 11.7 Å². The number of alkyl carbamates (subject to hydrolysis) is 1. The quantitative estimate of drug-likeness (QED) is 0.906. The van der Waals surface area contributed by atoms with Gasteiger partial charge in [0.2, 0.25) is 5.89 Å². The lowest BCUT2D eigenvalue weighted by Crippen LogP contribution is -2.35. The van der Waals surface area contributed by atoms with E-state index in [0.717, 1.165) is 12.8 Å². The molecule has 6 heteroatoms. The Kier molecular flexibility index (Phi) is 3.78. The molecule has 0 unspecified atom stereocenters. The Balaban J connectivity index is 1.90. The molecule has 1 fully saturated rings. The molecule has 0 saturated heterocycles. The van der Waals surface area contributed by atoms with Crippen LogP contribution in [0.5, 0.6) is 0 Å². The average Bonchev–Trinajstić information content (AvgIpc) is 3.00. The molecule has 1 atom stereocenters. The van der Waals surface area contributed by atoms with Crippen molar-refractivity contribution in [3.8, 4) is 0 Å². The molecule has 1 amide bonds. The highest BCUT2D eigenvalue weighted by molar-refractivity contribution is 5.67. The van der Waals surface area contributed by atoms with Crippen molar-refractivity contribution in [1.82, 2.24) is 15.5 Å². The molecular formula is C13H21N3O3. The Morgan fingerprint density at radius 3 is 2.68 bits per heavy atom. The summed E-state index contributed by atoms with van der Waals surface area (Å²) in [6, 6.07) is 0. The van der Waals surface area contributed by atoms with Crippen LogP contribution in [-0.2, 0) is 4.74 Å². The van der Waals surface area contributed by atoms with Crippen LogP contribution in [0, 0.1) is 12.8 Å². The van der Waals surface area contributed by atoms with E-state index in [0.29, 0.717) is 24.2 Å². The SMILES string of the molecule is Cc1nc([C@H](CNC(=O)OC(C)(C)C)C2CC2)no1. The number of hydrogen-bond donors (Lipinski definition) is 1. The normalized spacial score (nSPS) is 17.1. The molecule has 0 spiro atoms. The molecule has 6 nitrogen and oxygen atoms in total. The highest BCUT2D eigenvalue weighted by Crippen LogP contribution is 2.41. The van der Waals surface area contributed by atoms with Crippen LogP contribution in [0.3, 0.4) is 0 Å². The lowest BCUT2D eigenvalue weighted by Gasteiger charge is -2.21. The lowest BCUT2D eigenvalue weighted by atomic mass is 10.0. The van der Waals surface area contributed by atoms with Gasteiger partial charge in [-0.15, -0.1) is 0 Å². The van der Waals surface area contributed by atoms with Crippen molar-refractivity contribution in [1.29, 1.82) is 0 Å². The van der Waals surface area contributed by atoms with Crippen LogP contribution in [0.4, 0.5) is 4.79 Å². The first-order valence-corrected chi connectivity index (χ1v) is 6.62. The van der Waals surface area contributed by atoms with Crippen LogP contribution in [0.2, 0.25) is 0 Å². The van der Waals surface area contributed by atoms with E-state index in [4.69, 9.17) is 9.26 Å². The second-order valence-electron chi connectivity index (χ2n) is 6.00. The van der Waals surface area contributed by atoms with Crippen LogP contribution >= 0.6 is 0 Å². The summed E-state index contributed by atoms with van der Waals surface area (Å²) in [6.07, 6.45) is 1.89. The maximum atomic E-state index is 11.6. The molecule has 1 saturated carbocycles. The van der Waals surface area contributed by atoms with Crippen molar-refractivity contribution in [2.75, 3.05) is 6.54 Å². The standard InChI is InChI=1S/C13H21N3O3/c1-8-15-11(16-19-8)10(9-5-6-9)7-14-12(17)18-13(2,3)4/h9-10H,5-7H2,1-4H3,(H,14,17)/t10-/m1/s1. The number of carbonyl (C=O) groups is 1. The minimum atomic E-state index is -0.484. The molecular weight excluding hydrogens is 246 g/mol. The van der Waals surface area contributed by atoms with E-state index in [1.165, 1.54) is 0 Å². The molecule has 1 N–H and O–H groups in total. The molecule has 1 aromatic heterocycles. The van der Waals surface area contributed by atoms with Gasteiger partial charge in [-0.05, 0) is 39.5 Å². The third kappa shape index (κ3) is 4.22. The van der Waals surface area contributed by atoms with Gasteiger partial charge in [0.1, 0.15) is 5.60 Å². The van der Waals surface area contributed by atoms with Crippen LogP contribution < -0.4 is 5.32 Å². The number of aryl methyl sites for hydroxylation is 1. The predicted molar refractivity (Wildman–Crippen MR) is 68.7 cm³/mol. The van der Waals surface area contributed by atoms with Gasteiger partial charge in [-0.1, -0.05) is 5.16 Å². The van der Waals surface area contributed by atoms with Gasteiger partial charge in [-0.25, -0.2) is 4.79 Å². The minimum absolute atomic E-state index is 0.116. The summed E-state index contributed by atoms with van der Waals surface area (Å²) in [7, 11) is 0. The van der Waals surface area contributed by atoms with Crippen molar-refractivity contribution < 1.29 is 14.1 Å². The highest BCUT2D eigenvalue weighted by atomic mass is 16.6. The summed E-state index contributed by atoms with van der Waals surface area (Å²) in [4.78, 5) is 15.9. The molecule has 0 bridgehead atoms. The fourth-order valence-corrected chi connectivity index (χ4v) is 1.94. The Bertz CT molecular complexity index is 446. The number of rotatable bonds is 4. The first-order chi connectivity index (χ1) is 8.85. The first kappa shape index (κ1) is 13.8. The summed E-state index contributed by atoms with van der Waals surface area (Å²) in [5.41, 5.74) is -0.484. The van der Waals surface area contributed by atoms with Crippen LogP contribution in [-0.4, -0.2) is 28.4 Å². The number of nitrogens with zero attached hydrogens (tertiary/aromatic N) is 2. The van der Waals surface area contributed by atoms with Crippen molar-refractivity contribution in [2.45, 2.75) is 52.1 Å². The van der Waals surface area contributed by atoms with E-state index >= 15 is 0 Å². The van der Waals surface area contributed by atoms with Crippen LogP contribution in [0.25, 0.3) is 0 Å². The van der Waals surface area contributed by atoms with Gasteiger partial charge in [0.05, 0.1) is 0 Å². The van der Waals surface area contributed by atoms with Gasteiger partial charge < -0.3 is 14.6 Å². The monoisotopic (exact) mass is 267 g/mol. The molecule has 0 aliphatic heterocycles. The molecule has 1 aliphatic rings. The Labute approximate surface area is 112 Å². The number of aromatic nitrogens is 2. The first-order valence-electron chi connectivity index (χ1n) is 6.62. The zero-order valence-electron chi connectivity index (χ0n) is 11.9. The van der Waals surface area contributed by atoms with E-state index in [9.17, 15) is 4.79 Å². The Morgan fingerprint density at radius 2 is 2.21 bits per heavy atom. The number of nitrogens with one attached hydrogen (secondary N) is 1. The molecule has 1 aromatic rings. The van der Waals surface area contributed by atoms with Crippen molar-refractivity contribution >= 4 is 6.09 Å². The summed E-state index contributed by atoms with van der Waals surface area (Å²) < 4.78 is 10.2. The third-order valence-corrected chi connectivity index (χ3v) is 2.93. The Hall–Kier alpha value is -1.59. The van der Waals surface area contributed by atoms with Crippen molar-refractivity contribution in [2.24, 2.45) is 5.92 Å². The van der Waals surface area contributed by atoms with Crippen molar-refractivity contribution in [3.63, 3.8) is 0 Å². The molecule has 2 rings (SSSR count). The average molecular weight is 267 g/mol. The van der Waals surface area contributed by atoms with Gasteiger partial charge >= 0.3 is 6.09 Å². The number of ether oxygens (including phenoxy) is 1. The second kappa shape index (κ2) is 5.19. The maximum Gasteiger partial charge on any atom is 0.407 e. The van der Waals surface area contributed by atoms with Gasteiger partial charge in [0, 0.05) is 19.4 Å². The fourth-order valence-electron chi connectivity index (χ4n) is 1.94. The second-order valence-corrected chi connectivity index (χ2v) is 6.00. The number of hydrogen-bond acceptors (Lipinski definition) is 5. The van der Waals surface area contributed by atoms with Gasteiger partial charge in [0.15, 0.2) is 5.82 Å². The predicted octanol–water partition coefficient (Wildman–Crippen LogP) is 2.40. The van der Waals surface area contributed by atoms with E-state index in [1.54, 1.807) is 6.92 Å². The fraction of sp³-hybridized carbons (Fsp3) is 0.769. The number of amides is 1. The molecule has 19 heavy (non-hydrogen) atoms.